The fourth-order valence-corrected chi connectivity index (χ4v) is 2.55. The Hall–Kier alpha value is -2.82. The van der Waals surface area contributed by atoms with Gasteiger partial charge in [0.25, 0.3) is 0 Å². The summed E-state index contributed by atoms with van der Waals surface area (Å²) in [4.78, 5) is 15.8. The molecule has 1 aromatic heterocycles. The fourth-order valence-electron chi connectivity index (χ4n) is 2.55. The summed E-state index contributed by atoms with van der Waals surface area (Å²) in [5.74, 6) is 0.726. The van der Waals surface area contributed by atoms with Crippen molar-refractivity contribution in [2.24, 2.45) is 0 Å². The number of hydrogen-bond donors (Lipinski definition) is 3. The Balaban J connectivity index is 0.00000163. The minimum atomic E-state index is 0.406. The summed E-state index contributed by atoms with van der Waals surface area (Å²) < 4.78 is 0. The summed E-state index contributed by atoms with van der Waals surface area (Å²) >= 11 is 0. The Morgan fingerprint density at radius 1 is 1.23 bits per heavy atom. The van der Waals surface area contributed by atoms with Gasteiger partial charge in [0.05, 0.1) is 0 Å². The zero-order chi connectivity index (χ0) is 19.7. The minimum absolute atomic E-state index is 0.406. The maximum absolute atomic E-state index is 11.4. The lowest BCUT2D eigenvalue weighted by Crippen LogP contribution is -2.10. The van der Waals surface area contributed by atoms with Crippen LogP contribution >= 0.6 is 0 Å². The average molecular weight is 354 g/mol. The van der Waals surface area contributed by atoms with Crippen molar-refractivity contribution in [3.8, 4) is 0 Å². The summed E-state index contributed by atoms with van der Waals surface area (Å²) in [6.07, 6.45) is 4.55. The first kappa shape index (κ1) is 21.2. The largest absolute Gasteiger partial charge is 0.398 e. The van der Waals surface area contributed by atoms with Crippen molar-refractivity contribution in [2.75, 3.05) is 24.6 Å². The molecule has 0 bridgehead atoms. The van der Waals surface area contributed by atoms with E-state index in [1.165, 1.54) is 0 Å². The van der Waals surface area contributed by atoms with E-state index in [-0.39, 0.29) is 0 Å². The molecule has 0 amide bonds. The maximum atomic E-state index is 11.4. The highest BCUT2D eigenvalue weighted by Crippen LogP contribution is 2.27. The molecule has 0 fully saturated rings. The van der Waals surface area contributed by atoms with Crippen LogP contribution in [0.25, 0.3) is 10.8 Å². The predicted octanol–water partition coefficient (Wildman–Crippen LogP) is 4.20. The molecule has 26 heavy (non-hydrogen) atoms. The summed E-state index contributed by atoms with van der Waals surface area (Å²) in [6, 6.07) is 5.89. The van der Waals surface area contributed by atoms with Crippen LogP contribution in [0.5, 0.6) is 0 Å². The van der Waals surface area contributed by atoms with Crippen LogP contribution in [0.4, 0.5) is 11.5 Å². The zero-order valence-electron chi connectivity index (χ0n) is 16.6. The van der Waals surface area contributed by atoms with Crippen LogP contribution in [0.3, 0.4) is 0 Å². The lowest BCUT2D eigenvalue weighted by molar-refractivity contribution is -0.104. The Labute approximate surface area is 156 Å². The predicted molar refractivity (Wildman–Crippen MR) is 112 cm³/mol. The summed E-state index contributed by atoms with van der Waals surface area (Å²) in [7, 11) is 1.85. The van der Waals surface area contributed by atoms with Gasteiger partial charge in [-0.25, -0.2) is 4.98 Å². The topological polar surface area (TPSA) is 80.0 Å². The van der Waals surface area contributed by atoms with Crippen molar-refractivity contribution >= 4 is 28.6 Å². The number of carbonyl (C=O) groups is 1. The number of aryl methyl sites for hydroxylation is 1. The summed E-state index contributed by atoms with van der Waals surface area (Å²) in [5, 5.41) is 8.22. The molecule has 0 spiro atoms. The lowest BCUT2D eigenvalue weighted by Gasteiger charge is -2.12. The second-order valence-electron chi connectivity index (χ2n) is 5.87. The van der Waals surface area contributed by atoms with E-state index in [1.807, 2.05) is 65.9 Å². The van der Waals surface area contributed by atoms with Gasteiger partial charge in [0, 0.05) is 47.5 Å². The molecule has 0 unspecified atom stereocenters. The summed E-state index contributed by atoms with van der Waals surface area (Å²) in [5.41, 5.74) is 10.5. The van der Waals surface area contributed by atoms with Crippen LogP contribution in [0, 0.1) is 6.92 Å². The first-order chi connectivity index (χ1) is 12.5. The molecule has 0 saturated heterocycles. The highest BCUT2D eigenvalue weighted by atomic mass is 16.1. The second-order valence-corrected chi connectivity index (χ2v) is 5.87. The Bertz CT molecular complexity index is 822. The zero-order valence-corrected chi connectivity index (χ0v) is 16.6. The molecule has 0 saturated carbocycles. The highest BCUT2D eigenvalue weighted by Gasteiger charge is 2.07. The molecule has 0 aliphatic heterocycles. The van der Waals surface area contributed by atoms with E-state index >= 15 is 0 Å². The van der Waals surface area contributed by atoms with Gasteiger partial charge in [-0.15, -0.1) is 0 Å². The monoisotopic (exact) mass is 354 g/mol. The van der Waals surface area contributed by atoms with Gasteiger partial charge in [-0.2, -0.15) is 0 Å². The van der Waals surface area contributed by atoms with Gasteiger partial charge in [0.1, 0.15) is 12.1 Å². The van der Waals surface area contributed by atoms with Crippen LogP contribution < -0.4 is 16.4 Å². The quantitative estimate of drug-likeness (QED) is 0.313. The number of nitrogens with one attached hydrogen (secondary N) is 2. The molecule has 1 heterocycles. The van der Waals surface area contributed by atoms with Gasteiger partial charge in [-0.1, -0.05) is 13.8 Å². The number of aldehydes is 1. The van der Waals surface area contributed by atoms with Crippen molar-refractivity contribution < 1.29 is 4.79 Å². The van der Waals surface area contributed by atoms with E-state index in [9.17, 15) is 4.79 Å². The average Bonchev–Trinajstić information content (AvgIpc) is 2.64. The molecule has 140 valence electrons. The van der Waals surface area contributed by atoms with Gasteiger partial charge < -0.3 is 16.4 Å². The number of nitrogens with zero attached hydrogens (tertiary/aromatic N) is 1. The molecule has 5 heteroatoms. The maximum Gasteiger partial charge on any atom is 0.148 e. The molecule has 0 aliphatic rings. The number of pyridine rings is 1. The van der Waals surface area contributed by atoms with Crippen LogP contribution in [0.15, 0.2) is 47.3 Å². The van der Waals surface area contributed by atoms with Crippen molar-refractivity contribution in [1.82, 2.24) is 10.3 Å². The first-order valence-electron chi connectivity index (χ1n) is 8.86. The van der Waals surface area contributed by atoms with E-state index in [4.69, 9.17) is 5.73 Å². The number of rotatable bonds is 6. The van der Waals surface area contributed by atoms with E-state index < -0.39 is 0 Å². The number of anilines is 2. The SMILES string of the molecule is CC.CN/C(C)=C\C(C)=C(/C=O)CNc1nccc2c(N)cc(C)cc12. The molecule has 5 nitrogen and oxygen atoms in total. The molecular weight excluding hydrogens is 324 g/mol. The lowest BCUT2D eigenvalue weighted by atomic mass is 10.1. The molecule has 0 aliphatic carbocycles. The molecule has 4 N–H and O–H groups in total. The van der Waals surface area contributed by atoms with E-state index in [0.717, 1.165) is 45.4 Å². The van der Waals surface area contributed by atoms with Crippen LogP contribution in [0.2, 0.25) is 0 Å². The molecule has 2 aromatic rings. The Kier molecular flexibility index (Phi) is 8.35. The molecule has 1 aromatic carbocycles. The van der Waals surface area contributed by atoms with Gasteiger partial charge in [-0.3, -0.25) is 4.79 Å². The van der Waals surface area contributed by atoms with E-state index in [2.05, 4.69) is 15.6 Å². The second kappa shape index (κ2) is 10.2. The van der Waals surface area contributed by atoms with E-state index in [1.54, 1.807) is 6.20 Å². The number of hydrogen-bond acceptors (Lipinski definition) is 5. The smallest absolute Gasteiger partial charge is 0.148 e. The van der Waals surface area contributed by atoms with E-state index in [0.29, 0.717) is 12.1 Å². The van der Waals surface area contributed by atoms with Gasteiger partial charge in [0.15, 0.2) is 0 Å². The number of carbonyl (C=O) groups excluding carboxylic acids is 1. The van der Waals surface area contributed by atoms with Crippen molar-refractivity contribution in [2.45, 2.75) is 34.6 Å². The number of fused-ring (bicyclic) bond motifs is 1. The molecule has 0 atom stereocenters. The number of aromatic nitrogens is 1. The van der Waals surface area contributed by atoms with Gasteiger partial charge in [0.2, 0.25) is 0 Å². The third-order valence-electron chi connectivity index (χ3n) is 3.98. The Morgan fingerprint density at radius 2 is 1.92 bits per heavy atom. The number of nitrogen functional groups attached to an aromatic ring is 1. The first-order valence-corrected chi connectivity index (χ1v) is 8.86. The molecule has 2 rings (SSSR count). The third kappa shape index (κ3) is 5.34. The number of allylic oxidation sites excluding steroid dienone is 3. The van der Waals surface area contributed by atoms with Crippen molar-refractivity contribution in [3.05, 3.63) is 52.9 Å². The van der Waals surface area contributed by atoms with Crippen molar-refractivity contribution in [3.63, 3.8) is 0 Å². The van der Waals surface area contributed by atoms with Crippen LogP contribution in [-0.2, 0) is 4.79 Å². The van der Waals surface area contributed by atoms with Gasteiger partial charge in [-0.05, 0) is 56.2 Å². The van der Waals surface area contributed by atoms with Crippen molar-refractivity contribution in [1.29, 1.82) is 0 Å². The van der Waals surface area contributed by atoms with Gasteiger partial charge >= 0.3 is 0 Å². The van der Waals surface area contributed by atoms with Crippen LogP contribution in [-0.4, -0.2) is 24.9 Å². The number of benzene rings is 1. The summed E-state index contributed by atoms with van der Waals surface area (Å²) in [6.45, 7) is 10.3. The normalized spacial score (nSPS) is 12.0. The standard InChI is InChI=1S/C19H24N4O.C2H6/c1-12-7-17-16(18(20)8-12)5-6-22-19(17)23-10-15(11-24)13(2)9-14(3)21-4;1-2/h5-9,11,21H,10,20H2,1-4H3,(H,22,23);1-2H3/b14-9-,15-13-;. The number of nitrogens with two attached hydrogens (primary N) is 1. The third-order valence-corrected chi connectivity index (χ3v) is 3.98. The molecule has 0 radical (unpaired) electrons. The highest BCUT2D eigenvalue weighted by molar-refractivity contribution is 5.99. The molecular formula is C21H30N4O. The fraction of sp³-hybridized carbons (Fsp3) is 0.333. The minimum Gasteiger partial charge on any atom is -0.398 e. The Morgan fingerprint density at radius 3 is 2.54 bits per heavy atom. The van der Waals surface area contributed by atoms with Crippen LogP contribution in [0.1, 0.15) is 33.3 Å².